The second-order valence-corrected chi connectivity index (χ2v) is 4.65. The van der Waals surface area contributed by atoms with Crippen LogP contribution < -0.4 is 5.73 Å². The summed E-state index contributed by atoms with van der Waals surface area (Å²) >= 11 is 0. The summed E-state index contributed by atoms with van der Waals surface area (Å²) in [6, 6.07) is 7.16. The summed E-state index contributed by atoms with van der Waals surface area (Å²) in [5, 5.41) is 0. The first-order valence-electron chi connectivity index (χ1n) is 5.73. The van der Waals surface area contributed by atoms with Gasteiger partial charge in [0.1, 0.15) is 17.4 Å². The van der Waals surface area contributed by atoms with Crippen LogP contribution >= 0.6 is 0 Å². The maximum Gasteiger partial charge on any atom is 0.129 e. The molecule has 0 aliphatic rings. The summed E-state index contributed by atoms with van der Waals surface area (Å²) in [4.78, 5) is 0. The maximum absolute atomic E-state index is 13.8. The summed E-state index contributed by atoms with van der Waals surface area (Å²) in [5.41, 5.74) is 5.55. The van der Waals surface area contributed by atoms with E-state index in [-0.39, 0.29) is 6.54 Å². The van der Waals surface area contributed by atoms with Crippen molar-refractivity contribution in [1.82, 2.24) is 0 Å². The molecule has 2 N–H and O–H groups in total. The number of rotatable bonds is 4. The molecule has 0 saturated carbocycles. The molecule has 1 unspecified atom stereocenters. The van der Waals surface area contributed by atoms with E-state index in [0.717, 1.165) is 11.8 Å². The molecule has 1 heterocycles. The standard InChI is InChI=1S/C14H15F2NO/c1-14(9-17,8-11-3-2-6-18-11)12-5-4-10(15)7-13(12)16/h2-7H,8-9,17H2,1H3. The predicted octanol–water partition coefficient (Wildman–Crippen LogP) is 3.02. The Labute approximate surface area is 104 Å². The monoisotopic (exact) mass is 251 g/mol. The highest BCUT2D eigenvalue weighted by atomic mass is 19.1. The van der Waals surface area contributed by atoms with Gasteiger partial charge in [-0.1, -0.05) is 13.0 Å². The van der Waals surface area contributed by atoms with E-state index in [4.69, 9.17) is 10.2 Å². The van der Waals surface area contributed by atoms with Gasteiger partial charge in [-0.2, -0.15) is 0 Å². The summed E-state index contributed by atoms with van der Waals surface area (Å²) in [5.74, 6) is -0.435. The zero-order valence-electron chi connectivity index (χ0n) is 10.1. The van der Waals surface area contributed by atoms with Gasteiger partial charge in [-0.15, -0.1) is 0 Å². The molecule has 0 saturated heterocycles. The quantitative estimate of drug-likeness (QED) is 0.907. The van der Waals surface area contributed by atoms with E-state index in [2.05, 4.69) is 0 Å². The Bertz CT molecular complexity index is 525. The second-order valence-electron chi connectivity index (χ2n) is 4.65. The first-order chi connectivity index (χ1) is 8.55. The van der Waals surface area contributed by atoms with Crippen LogP contribution in [0.25, 0.3) is 0 Å². The molecule has 18 heavy (non-hydrogen) atoms. The lowest BCUT2D eigenvalue weighted by Gasteiger charge is -2.28. The smallest absolute Gasteiger partial charge is 0.129 e. The normalized spacial score (nSPS) is 14.4. The Morgan fingerprint density at radius 1 is 1.28 bits per heavy atom. The topological polar surface area (TPSA) is 39.2 Å². The second kappa shape index (κ2) is 4.90. The van der Waals surface area contributed by atoms with Gasteiger partial charge < -0.3 is 10.2 Å². The average molecular weight is 251 g/mol. The molecule has 0 aliphatic heterocycles. The van der Waals surface area contributed by atoms with Crippen molar-refractivity contribution in [3.63, 3.8) is 0 Å². The Morgan fingerprint density at radius 2 is 2.06 bits per heavy atom. The Morgan fingerprint density at radius 3 is 2.61 bits per heavy atom. The number of furan rings is 1. The molecule has 2 nitrogen and oxygen atoms in total. The van der Waals surface area contributed by atoms with Gasteiger partial charge in [0.25, 0.3) is 0 Å². The van der Waals surface area contributed by atoms with Crippen LogP contribution in [0.2, 0.25) is 0 Å². The highest BCUT2D eigenvalue weighted by molar-refractivity contribution is 5.29. The van der Waals surface area contributed by atoms with Crippen LogP contribution in [-0.4, -0.2) is 6.54 Å². The lowest BCUT2D eigenvalue weighted by Crippen LogP contribution is -2.35. The van der Waals surface area contributed by atoms with Gasteiger partial charge in [0.2, 0.25) is 0 Å². The van der Waals surface area contributed by atoms with Gasteiger partial charge in [0.15, 0.2) is 0 Å². The number of nitrogens with two attached hydrogens (primary N) is 1. The molecule has 2 aromatic rings. The molecule has 0 radical (unpaired) electrons. The van der Waals surface area contributed by atoms with E-state index in [1.807, 2.05) is 13.0 Å². The summed E-state index contributed by atoms with van der Waals surface area (Å²) in [6.45, 7) is 2.09. The van der Waals surface area contributed by atoms with Crippen molar-refractivity contribution in [2.45, 2.75) is 18.8 Å². The van der Waals surface area contributed by atoms with Gasteiger partial charge in [-0.25, -0.2) is 8.78 Å². The minimum atomic E-state index is -0.615. The predicted molar refractivity (Wildman–Crippen MR) is 65.2 cm³/mol. The molecule has 1 aromatic carbocycles. The molecular weight excluding hydrogens is 236 g/mol. The van der Waals surface area contributed by atoms with Gasteiger partial charge in [-0.05, 0) is 23.8 Å². The van der Waals surface area contributed by atoms with Crippen LogP contribution in [0.5, 0.6) is 0 Å². The van der Waals surface area contributed by atoms with Crippen LogP contribution in [0.1, 0.15) is 18.2 Å². The van der Waals surface area contributed by atoms with Crippen molar-refractivity contribution in [3.05, 3.63) is 59.6 Å². The number of benzene rings is 1. The largest absolute Gasteiger partial charge is 0.469 e. The van der Waals surface area contributed by atoms with Crippen molar-refractivity contribution in [2.75, 3.05) is 6.54 Å². The van der Waals surface area contributed by atoms with Crippen LogP contribution in [0.15, 0.2) is 41.0 Å². The van der Waals surface area contributed by atoms with E-state index in [1.165, 1.54) is 12.1 Å². The van der Waals surface area contributed by atoms with Crippen molar-refractivity contribution in [3.8, 4) is 0 Å². The van der Waals surface area contributed by atoms with Crippen molar-refractivity contribution < 1.29 is 13.2 Å². The molecule has 4 heteroatoms. The van der Waals surface area contributed by atoms with Gasteiger partial charge in [0.05, 0.1) is 6.26 Å². The van der Waals surface area contributed by atoms with Crippen LogP contribution in [0.4, 0.5) is 8.78 Å². The molecule has 0 fully saturated rings. The number of halogens is 2. The third-order valence-corrected chi connectivity index (χ3v) is 3.18. The molecule has 96 valence electrons. The number of hydrogen-bond donors (Lipinski definition) is 1. The first kappa shape index (κ1) is 12.8. The van der Waals surface area contributed by atoms with Crippen molar-refractivity contribution in [2.24, 2.45) is 5.73 Å². The Kier molecular flexibility index (Phi) is 3.48. The van der Waals surface area contributed by atoms with E-state index in [1.54, 1.807) is 12.3 Å². The third-order valence-electron chi connectivity index (χ3n) is 3.18. The maximum atomic E-state index is 13.8. The fourth-order valence-corrected chi connectivity index (χ4v) is 2.05. The van der Waals surface area contributed by atoms with Crippen molar-refractivity contribution in [1.29, 1.82) is 0 Å². The molecule has 0 spiro atoms. The molecule has 1 atom stereocenters. The SMILES string of the molecule is CC(CN)(Cc1ccco1)c1ccc(F)cc1F. The van der Waals surface area contributed by atoms with Gasteiger partial charge >= 0.3 is 0 Å². The van der Waals surface area contributed by atoms with E-state index in [9.17, 15) is 8.78 Å². The molecule has 1 aromatic heterocycles. The van der Waals surface area contributed by atoms with Crippen molar-refractivity contribution >= 4 is 0 Å². The van der Waals surface area contributed by atoms with E-state index < -0.39 is 17.0 Å². The Hall–Kier alpha value is -1.68. The van der Waals surface area contributed by atoms with Gasteiger partial charge in [0, 0.05) is 24.4 Å². The Balaban J connectivity index is 2.36. The average Bonchev–Trinajstić information content (AvgIpc) is 2.81. The van der Waals surface area contributed by atoms with Crippen LogP contribution in [0, 0.1) is 11.6 Å². The van der Waals surface area contributed by atoms with Crippen LogP contribution in [0.3, 0.4) is 0 Å². The minimum Gasteiger partial charge on any atom is -0.469 e. The highest BCUT2D eigenvalue weighted by Gasteiger charge is 2.29. The summed E-state index contributed by atoms with van der Waals surface area (Å²) in [7, 11) is 0. The number of hydrogen-bond acceptors (Lipinski definition) is 2. The van der Waals surface area contributed by atoms with Crippen LogP contribution in [-0.2, 0) is 11.8 Å². The molecule has 0 bridgehead atoms. The molecule has 0 aliphatic carbocycles. The van der Waals surface area contributed by atoms with E-state index >= 15 is 0 Å². The van der Waals surface area contributed by atoms with E-state index in [0.29, 0.717) is 12.0 Å². The molecule has 2 rings (SSSR count). The summed E-state index contributed by atoms with van der Waals surface area (Å²) < 4.78 is 32.0. The fourth-order valence-electron chi connectivity index (χ4n) is 2.05. The lowest BCUT2D eigenvalue weighted by molar-refractivity contribution is 0.397. The fraction of sp³-hybridized carbons (Fsp3) is 0.286. The molecule has 0 amide bonds. The van der Waals surface area contributed by atoms with Gasteiger partial charge in [-0.3, -0.25) is 0 Å². The minimum absolute atomic E-state index is 0.246. The third kappa shape index (κ3) is 2.43. The molecular formula is C14H15F2NO. The lowest BCUT2D eigenvalue weighted by atomic mass is 9.78. The zero-order valence-corrected chi connectivity index (χ0v) is 10.1. The first-order valence-corrected chi connectivity index (χ1v) is 5.73. The zero-order chi connectivity index (χ0) is 13.2. The summed E-state index contributed by atoms with van der Waals surface area (Å²) in [6.07, 6.45) is 2.03. The highest BCUT2D eigenvalue weighted by Crippen LogP contribution is 2.29.